The standard InChI is InChI=1S/C26H33N3O5S/c1-34-21-13-15-22(16-14-21)35(32,33)29-17-7-10-20(18-29)26(31)28-24-12-6-5-11-23(24)27-25(30)19-8-3-2-4-9-19/h2-4,8-9,13-16,20,23-24H,5-7,10-12,17-18H2,1H3,(H,27,30)(H,28,31)/t20-,23+,24+/m0/s1. The van der Waals surface area contributed by atoms with Crippen LogP contribution in [0.1, 0.15) is 48.9 Å². The van der Waals surface area contributed by atoms with Crippen molar-refractivity contribution in [2.24, 2.45) is 5.92 Å². The quantitative estimate of drug-likeness (QED) is 0.610. The number of hydrogen-bond acceptors (Lipinski definition) is 5. The predicted molar refractivity (Wildman–Crippen MR) is 133 cm³/mol. The second kappa shape index (κ2) is 11.2. The number of rotatable bonds is 7. The molecule has 0 spiro atoms. The lowest BCUT2D eigenvalue weighted by Gasteiger charge is -2.36. The number of benzene rings is 2. The van der Waals surface area contributed by atoms with E-state index in [-0.39, 0.29) is 35.3 Å². The van der Waals surface area contributed by atoms with Crippen LogP contribution in [-0.4, -0.2) is 56.8 Å². The van der Waals surface area contributed by atoms with Gasteiger partial charge in [-0.3, -0.25) is 9.59 Å². The minimum absolute atomic E-state index is 0.147. The first kappa shape index (κ1) is 25.2. The van der Waals surface area contributed by atoms with Gasteiger partial charge in [-0.25, -0.2) is 8.42 Å². The second-order valence-electron chi connectivity index (χ2n) is 9.22. The van der Waals surface area contributed by atoms with Crippen LogP contribution in [0.4, 0.5) is 0 Å². The maximum atomic E-state index is 13.2. The monoisotopic (exact) mass is 499 g/mol. The van der Waals surface area contributed by atoms with E-state index >= 15 is 0 Å². The molecule has 2 N–H and O–H groups in total. The van der Waals surface area contributed by atoms with E-state index in [4.69, 9.17) is 4.74 Å². The molecule has 0 unspecified atom stereocenters. The zero-order valence-corrected chi connectivity index (χ0v) is 20.8. The zero-order chi connectivity index (χ0) is 24.8. The predicted octanol–water partition coefficient (Wildman–Crippen LogP) is 2.95. The Labute approximate surface area is 207 Å². The third-order valence-corrected chi connectivity index (χ3v) is 8.78. The van der Waals surface area contributed by atoms with Gasteiger partial charge in [0, 0.05) is 30.7 Å². The molecule has 3 atom stereocenters. The van der Waals surface area contributed by atoms with Gasteiger partial charge in [0.2, 0.25) is 15.9 Å². The molecule has 0 radical (unpaired) electrons. The summed E-state index contributed by atoms with van der Waals surface area (Å²) in [7, 11) is -2.17. The molecular weight excluding hydrogens is 466 g/mol. The van der Waals surface area contributed by atoms with Crippen molar-refractivity contribution in [3.05, 3.63) is 60.2 Å². The van der Waals surface area contributed by atoms with Crippen molar-refractivity contribution < 1.29 is 22.7 Å². The Hall–Kier alpha value is -2.91. The molecular formula is C26H33N3O5S. The minimum Gasteiger partial charge on any atom is -0.497 e. The van der Waals surface area contributed by atoms with Crippen molar-refractivity contribution >= 4 is 21.8 Å². The van der Waals surface area contributed by atoms with Crippen LogP contribution in [0.2, 0.25) is 0 Å². The first-order valence-corrected chi connectivity index (χ1v) is 13.6. The SMILES string of the molecule is COc1ccc(S(=O)(=O)N2CCC[C@H](C(=O)N[C@@H]3CCCC[C@H]3NC(=O)c3ccccc3)C2)cc1. The van der Waals surface area contributed by atoms with Gasteiger partial charge in [-0.05, 0) is 62.1 Å². The molecule has 35 heavy (non-hydrogen) atoms. The molecule has 8 nitrogen and oxygen atoms in total. The van der Waals surface area contributed by atoms with Gasteiger partial charge < -0.3 is 15.4 Å². The van der Waals surface area contributed by atoms with Gasteiger partial charge in [-0.1, -0.05) is 31.0 Å². The average Bonchev–Trinajstić information content (AvgIpc) is 2.90. The lowest BCUT2D eigenvalue weighted by molar-refractivity contribution is -0.127. The van der Waals surface area contributed by atoms with E-state index < -0.39 is 15.9 Å². The van der Waals surface area contributed by atoms with E-state index in [1.807, 2.05) is 18.2 Å². The van der Waals surface area contributed by atoms with Gasteiger partial charge in [0.25, 0.3) is 5.91 Å². The Kier molecular flexibility index (Phi) is 8.07. The van der Waals surface area contributed by atoms with Crippen molar-refractivity contribution in [3.63, 3.8) is 0 Å². The van der Waals surface area contributed by atoms with Crippen LogP contribution in [0.25, 0.3) is 0 Å². The molecule has 2 fully saturated rings. The fraction of sp³-hybridized carbons (Fsp3) is 0.462. The summed E-state index contributed by atoms with van der Waals surface area (Å²) in [6.45, 7) is 0.533. The Morgan fingerprint density at radius 3 is 2.20 bits per heavy atom. The number of carbonyl (C=O) groups excluding carboxylic acids is 2. The third kappa shape index (κ3) is 6.02. The first-order chi connectivity index (χ1) is 16.9. The van der Waals surface area contributed by atoms with E-state index in [9.17, 15) is 18.0 Å². The number of sulfonamides is 1. The second-order valence-corrected chi connectivity index (χ2v) is 11.2. The summed E-state index contributed by atoms with van der Waals surface area (Å²) in [5, 5.41) is 6.22. The summed E-state index contributed by atoms with van der Waals surface area (Å²) in [4.78, 5) is 26.1. The molecule has 1 aliphatic heterocycles. The third-order valence-electron chi connectivity index (χ3n) is 6.90. The van der Waals surface area contributed by atoms with Gasteiger partial charge in [0.15, 0.2) is 0 Å². The van der Waals surface area contributed by atoms with Crippen LogP contribution in [0.3, 0.4) is 0 Å². The smallest absolute Gasteiger partial charge is 0.251 e. The summed E-state index contributed by atoms with van der Waals surface area (Å²) in [5.41, 5.74) is 0.592. The lowest BCUT2D eigenvalue weighted by atomic mass is 9.89. The van der Waals surface area contributed by atoms with Crippen LogP contribution in [0, 0.1) is 5.92 Å². The van der Waals surface area contributed by atoms with Crippen LogP contribution in [0.5, 0.6) is 5.75 Å². The maximum Gasteiger partial charge on any atom is 0.251 e. The summed E-state index contributed by atoms with van der Waals surface area (Å²) in [5.74, 6) is -0.137. The van der Waals surface area contributed by atoms with Gasteiger partial charge in [0.05, 0.1) is 17.9 Å². The fourth-order valence-corrected chi connectivity index (χ4v) is 6.41. The molecule has 1 saturated carbocycles. The number of hydrogen-bond donors (Lipinski definition) is 2. The highest BCUT2D eigenvalue weighted by molar-refractivity contribution is 7.89. The van der Waals surface area contributed by atoms with Gasteiger partial charge in [-0.15, -0.1) is 0 Å². The molecule has 1 saturated heterocycles. The molecule has 0 aromatic heterocycles. The normalized spacial score (nSPS) is 23.3. The Balaban J connectivity index is 1.39. The molecule has 2 amide bonds. The Bertz CT molecular complexity index is 1120. The average molecular weight is 500 g/mol. The number of methoxy groups -OCH3 is 1. The number of ether oxygens (including phenoxy) is 1. The van der Waals surface area contributed by atoms with E-state index in [0.717, 1.165) is 25.7 Å². The molecule has 2 aromatic rings. The van der Waals surface area contributed by atoms with E-state index in [0.29, 0.717) is 30.7 Å². The maximum absolute atomic E-state index is 13.2. The zero-order valence-electron chi connectivity index (χ0n) is 20.0. The number of nitrogens with zero attached hydrogens (tertiary/aromatic N) is 1. The topological polar surface area (TPSA) is 105 Å². The van der Waals surface area contributed by atoms with Crippen molar-refractivity contribution in [2.45, 2.75) is 55.5 Å². The highest BCUT2D eigenvalue weighted by Gasteiger charge is 2.35. The van der Waals surface area contributed by atoms with Crippen molar-refractivity contribution in [2.75, 3.05) is 20.2 Å². The largest absolute Gasteiger partial charge is 0.497 e. The summed E-state index contributed by atoms with van der Waals surface area (Å²) >= 11 is 0. The molecule has 2 aliphatic rings. The molecule has 0 bridgehead atoms. The van der Waals surface area contributed by atoms with Crippen LogP contribution in [0.15, 0.2) is 59.5 Å². The Morgan fingerprint density at radius 1 is 0.886 bits per heavy atom. The van der Waals surface area contributed by atoms with Gasteiger partial charge in [0.1, 0.15) is 5.75 Å². The molecule has 188 valence electrons. The summed E-state index contributed by atoms with van der Waals surface area (Å²) in [6, 6.07) is 15.0. The van der Waals surface area contributed by atoms with Crippen molar-refractivity contribution in [1.82, 2.24) is 14.9 Å². The van der Waals surface area contributed by atoms with Crippen LogP contribution < -0.4 is 15.4 Å². The summed E-state index contributed by atoms with van der Waals surface area (Å²) in [6.07, 6.45) is 4.80. The van der Waals surface area contributed by atoms with E-state index in [2.05, 4.69) is 10.6 Å². The number of piperidine rings is 1. The van der Waals surface area contributed by atoms with E-state index in [1.165, 1.54) is 23.5 Å². The minimum atomic E-state index is -3.70. The number of amides is 2. The van der Waals surface area contributed by atoms with Crippen molar-refractivity contribution in [1.29, 1.82) is 0 Å². The number of nitrogens with one attached hydrogen (secondary N) is 2. The van der Waals surface area contributed by atoms with Gasteiger partial charge >= 0.3 is 0 Å². The highest BCUT2D eigenvalue weighted by Crippen LogP contribution is 2.26. The molecule has 9 heteroatoms. The Morgan fingerprint density at radius 2 is 1.54 bits per heavy atom. The molecule has 1 heterocycles. The van der Waals surface area contributed by atoms with Crippen LogP contribution in [-0.2, 0) is 14.8 Å². The van der Waals surface area contributed by atoms with E-state index in [1.54, 1.807) is 24.3 Å². The molecule has 1 aliphatic carbocycles. The van der Waals surface area contributed by atoms with Gasteiger partial charge in [-0.2, -0.15) is 4.31 Å². The highest BCUT2D eigenvalue weighted by atomic mass is 32.2. The fourth-order valence-electron chi connectivity index (χ4n) is 4.89. The lowest BCUT2D eigenvalue weighted by Crippen LogP contribution is -2.55. The van der Waals surface area contributed by atoms with Crippen molar-refractivity contribution in [3.8, 4) is 5.75 Å². The van der Waals surface area contributed by atoms with Crippen LogP contribution >= 0.6 is 0 Å². The summed E-state index contributed by atoms with van der Waals surface area (Å²) < 4.78 is 32.8. The molecule has 2 aromatic carbocycles. The molecule has 4 rings (SSSR count). The number of carbonyl (C=O) groups is 2. The first-order valence-electron chi connectivity index (χ1n) is 12.2.